The predicted octanol–water partition coefficient (Wildman–Crippen LogP) is 1.33. The van der Waals surface area contributed by atoms with E-state index in [0.29, 0.717) is 13.0 Å². The Kier molecular flexibility index (Phi) is 5.00. The van der Waals surface area contributed by atoms with Crippen LogP contribution in [0.3, 0.4) is 0 Å². The molecule has 0 bridgehead atoms. The van der Waals surface area contributed by atoms with Crippen LogP contribution in [0.25, 0.3) is 0 Å². The minimum atomic E-state index is -0.664. The van der Waals surface area contributed by atoms with Gasteiger partial charge in [-0.05, 0) is 20.3 Å². The third-order valence-electron chi connectivity index (χ3n) is 1.46. The normalized spacial score (nSPS) is 11.8. The molecule has 3 nitrogen and oxygen atoms in total. The van der Waals surface area contributed by atoms with Gasteiger partial charge in [0.05, 0.1) is 6.61 Å². The van der Waals surface area contributed by atoms with E-state index in [1.807, 2.05) is 0 Å². The van der Waals surface area contributed by atoms with Crippen LogP contribution in [0.1, 0.15) is 20.3 Å². The van der Waals surface area contributed by atoms with E-state index in [4.69, 9.17) is 4.74 Å². The molecule has 0 aromatic heterocycles. The molecule has 0 aliphatic rings. The molecule has 0 saturated heterocycles. The second kappa shape index (κ2) is 5.52. The van der Waals surface area contributed by atoms with Crippen molar-refractivity contribution in [2.45, 2.75) is 20.3 Å². The van der Waals surface area contributed by atoms with E-state index in [2.05, 4.69) is 6.58 Å². The molecule has 0 aromatic carbocycles. The fraction of sp³-hybridized carbons (Fsp3) is 0.556. The summed E-state index contributed by atoms with van der Waals surface area (Å²) in [5.41, 5.74) is 0. The van der Waals surface area contributed by atoms with Gasteiger partial charge < -0.3 is 4.74 Å². The van der Waals surface area contributed by atoms with Crippen molar-refractivity contribution in [1.29, 1.82) is 0 Å². The van der Waals surface area contributed by atoms with Crippen molar-refractivity contribution in [3.8, 4) is 0 Å². The third-order valence-corrected chi connectivity index (χ3v) is 1.46. The Labute approximate surface area is 72.4 Å². The molecule has 68 valence electrons. The van der Waals surface area contributed by atoms with Gasteiger partial charge in [-0.25, -0.2) is 0 Å². The van der Waals surface area contributed by atoms with Gasteiger partial charge in [-0.15, -0.1) is 6.58 Å². The third kappa shape index (κ3) is 3.32. The van der Waals surface area contributed by atoms with Crippen molar-refractivity contribution >= 4 is 11.8 Å². The zero-order valence-corrected chi connectivity index (χ0v) is 7.50. The summed E-state index contributed by atoms with van der Waals surface area (Å²) in [6, 6.07) is 0. The van der Waals surface area contributed by atoms with Crippen LogP contribution in [0.4, 0.5) is 0 Å². The first-order valence-electron chi connectivity index (χ1n) is 3.91. The lowest BCUT2D eigenvalue weighted by atomic mass is 10.0. The molecule has 0 radical (unpaired) electrons. The highest BCUT2D eigenvalue weighted by molar-refractivity contribution is 5.97. The van der Waals surface area contributed by atoms with Gasteiger partial charge >= 0.3 is 5.97 Å². The summed E-state index contributed by atoms with van der Waals surface area (Å²) >= 11 is 0. The quantitative estimate of drug-likeness (QED) is 0.355. The Bertz CT molecular complexity index is 184. The topological polar surface area (TPSA) is 43.4 Å². The van der Waals surface area contributed by atoms with Crippen LogP contribution in [0, 0.1) is 5.92 Å². The molecule has 3 heteroatoms. The van der Waals surface area contributed by atoms with Gasteiger partial charge in [0, 0.05) is 0 Å². The Morgan fingerprint density at radius 3 is 2.50 bits per heavy atom. The molecule has 0 aromatic rings. The number of ether oxygens (including phenoxy) is 1. The number of carbonyl (C=O) groups is 2. The minimum absolute atomic E-state index is 0.173. The zero-order valence-electron chi connectivity index (χ0n) is 7.50. The van der Waals surface area contributed by atoms with Gasteiger partial charge in [0.25, 0.3) is 0 Å². The predicted molar refractivity (Wildman–Crippen MR) is 45.6 cm³/mol. The molecular weight excluding hydrogens is 156 g/mol. The van der Waals surface area contributed by atoms with Crippen molar-refractivity contribution in [1.82, 2.24) is 0 Å². The second-order valence-corrected chi connectivity index (χ2v) is 2.44. The van der Waals surface area contributed by atoms with Crippen molar-refractivity contribution in [3.05, 3.63) is 12.7 Å². The van der Waals surface area contributed by atoms with Gasteiger partial charge in [0.1, 0.15) is 11.7 Å². The molecule has 0 N–H and O–H groups in total. The van der Waals surface area contributed by atoms with Crippen molar-refractivity contribution in [2.75, 3.05) is 6.61 Å². The van der Waals surface area contributed by atoms with Crippen LogP contribution in [0.15, 0.2) is 12.7 Å². The first-order chi connectivity index (χ1) is 5.63. The first kappa shape index (κ1) is 10.9. The number of hydrogen-bond acceptors (Lipinski definition) is 3. The van der Waals surface area contributed by atoms with E-state index in [9.17, 15) is 9.59 Å². The zero-order chi connectivity index (χ0) is 9.56. The van der Waals surface area contributed by atoms with Crippen molar-refractivity contribution in [2.24, 2.45) is 5.92 Å². The van der Waals surface area contributed by atoms with Gasteiger partial charge in [-0.2, -0.15) is 0 Å². The number of hydrogen-bond donors (Lipinski definition) is 0. The Balaban J connectivity index is 4.18. The highest BCUT2D eigenvalue weighted by Crippen LogP contribution is 2.07. The first-order valence-corrected chi connectivity index (χ1v) is 3.91. The average molecular weight is 170 g/mol. The Morgan fingerprint density at radius 1 is 1.58 bits per heavy atom. The Morgan fingerprint density at radius 2 is 2.17 bits per heavy atom. The maximum Gasteiger partial charge on any atom is 0.316 e. The summed E-state index contributed by atoms with van der Waals surface area (Å²) in [7, 11) is 0. The van der Waals surface area contributed by atoms with E-state index >= 15 is 0 Å². The lowest BCUT2D eigenvalue weighted by Gasteiger charge is -2.09. The molecule has 0 heterocycles. The average Bonchev–Trinajstić information content (AvgIpc) is 1.99. The van der Waals surface area contributed by atoms with E-state index in [0.717, 1.165) is 0 Å². The van der Waals surface area contributed by atoms with Gasteiger partial charge in [0.2, 0.25) is 0 Å². The van der Waals surface area contributed by atoms with E-state index in [1.54, 1.807) is 13.0 Å². The maximum atomic E-state index is 11.1. The van der Waals surface area contributed by atoms with Crippen LogP contribution in [0.2, 0.25) is 0 Å². The highest BCUT2D eigenvalue weighted by atomic mass is 16.5. The van der Waals surface area contributed by atoms with Crippen LogP contribution >= 0.6 is 0 Å². The standard InChI is InChI=1S/C9H14O3/c1-4-6-8(7(3)10)9(11)12-5-2/h4,8H,1,5-6H2,2-3H3/t8-/m0/s1. The molecule has 0 aliphatic carbocycles. The van der Waals surface area contributed by atoms with Crippen LogP contribution in [-0.2, 0) is 14.3 Å². The summed E-state index contributed by atoms with van der Waals surface area (Å²) in [6.07, 6.45) is 1.90. The number of esters is 1. The second-order valence-electron chi connectivity index (χ2n) is 2.44. The number of allylic oxidation sites excluding steroid dienone is 1. The lowest BCUT2D eigenvalue weighted by Crippen LogP contribution is -2.23. The number of rotatable bonds is 5. The molecule has 0 saturated carbocycles. The summed E-state index contributed by atoms with van der Waals surface area (Å²) in [4.78, 5) is 22.0. The molecule has 0 amide bonds. The van der Waals surface area contributed by atoms with Crippen molar-refractivity contribution < 1.29 is 14.3 Å². The van der Waals surface area contributed by atoms with Crippen LogP contribution < -0.4 is 0 Å². The summed E-state index contributed by atoms with van der Waals surface area (Å²) in [5, 5.41) is 0. The fourth-order valence-corrected chi connectivity index (χ4v) is 0.838. The summed E-state index contributed by atoms with van der Waals surface area (Å²) in [5.74, 6) is -1.29. The van der Waals surface area contributed by atoms with Crippen molar-refractivity contribution in [3.63, 3.8) is 0 Å². The van der Waals surface area contributed by atoms with E-state index in [-0.39, 0.29) is 5.78 Å². The monoisotopic (exact) mass is 170 g/mol. The molecule has 0 spiro atoms. The van der Waals surface area contributed by atoms with E-state index < -0.39 is 11.9 Å². The molecule has 0 rings (SSSR count). The van der Waals surface area contributed by atoms with E-state index in [1.165, 1.54) is 6.92 Å². The number of Topliss-reactive ketones (excluding diaryl/α,β-unsaturated/α-hetero) is 1. The maximum absolute atomic E-state index is 11.1. The summed E-state index contributed by atoms with van der Waals surface area (Å²) in [6.45, 7) is 6.86. The SMILES string of the molecule is C=CC[C@@H](C(C)=O)C(=O)OCC. The van der Waals surface area contributed by atoms with Gasteiger partial charge in [-0.1, -0.05) is 6.08 Å². The minimum Gasteiger partial charge on any atom is -0.465 e. The molecule has 1 atom stereocenters. The van der Waals surface area contributed by atoms with Crippen LogP contribution in [0.5, 0.6) is 0 Å². The molecule has 0 fully saturated rings. The molecule has 0 unspecified atom stereocenters. The fourth-order valence-electron chi connectivity index (χ4n) is 0.838. The smallest absolute Gasteiger partial charge is 0.316 e. The van der Waals surface area contributed by atoms with Gasteiger partial charge in [-0.3, -0.25) is 9.59 Å². The summed E-state index contributed by atoms with van der Waals surface area (Å²) < 4.78 is 4.71. The molecule has 0 aliphatic heterocycles. The number of carbonyl (C=O) groups excluding carboxylic acids is 2. The van der Waals surface area contributed by atoms with Crippen LogP contribution in [-0.4, -0.2) is 18.4 Å². The van der Waals surface area contributed by atoms with Gasteiger partial charge in [0.15, 0.2) is 0 Å². The highest BCUT2D eigenvalue weighted by Gasteiger charge is 2.22. The lowest BCUT2D eigenvalue weighted by molar-refractivity contribution is -0.150. The molecular formula is C9H14O3. The Hall–Kier alpha value is -1.12. The molecule has 12 heavy (non-hydrogen) atoms. The number of ketones is 1. The largest absolute Gasteiger partial charge is 0.465 e.